The molecule has 2 heterocycles. The van der Waals surface area contributed by atoms with Crippen LogP contribution < -0.4 is 0 Å². The summed E-state index contributed by atoms with van der Waals surface area (Å²) in [6, 6.07) is 10.6. The van der Waals surface area contributed by atoms with Gasteiger partial charge in [-0.25, -0.2) is 0 Å². The van der Waals surface area contributed by atoms with E-state index in [-0.39, 0.29) is 11.9 Å². The standard InChI is InChI=1S/C25H37N5OS/c1-4-22(28(2)3)24-26-27-25(30(24)16-19-10-6-5-7-11-19)32-18-23(31)29-15-14-20-12-8-9-13-21(20)17-29/h5-7,10-11,20-22H,4,8-9,12-18H2,1-3H3. The zero-order valence-corrected chi connectivity index (χ0v) is 20.6. The van der Waals surface area contributed by atoms with Crippen molar-refractivity contribution in [1.82, 2.24) is 24.6 Å². The molecule has 0 radical (unpaired) electrons. The third-order valence-electron chi connectivity index (χ3n) is 7.21. The van der Waals surface area contributed by atoms with Crippen molar-refractivity contribution in [2.24, 2.45) is 11.8 Å². The van der Waals surface area contributed by atoms with Crippen LogP contribution in [0.15, 0.2) is 35.5 Å². The van der Waals surface area contributed by atoms with Gasteiger partial charge < -0.3 is 9.47 Å². The molecule has 2 fully saturated rings. The Kier molecular flexibility index (Phi) is 7.89. The summed E-state index contributed by atoms with van der Waals surface area (Å²) in [5.74, 6) is 3.20. The second kappa shape index (κ2) is 10.8. The van der Waals surface area contributed by atoms with E-state index >= 15 is 0 Å². The average Bonchev–Trinajstić information content (AvgIpc) is 3.20. The first-order chi connectivity index (χ1) is 15.6. The third kappa shape index (κ3) is 5.37. The fourth-order valence-electron chi connectivity index (χ4n) is 5.39. The number of piperidine rings is 1. The van der Waals surface area contributed by atoms with Gasteiger partial charge in [0.2, 0.25) is 5.91 Å². The molecule has 0 bridgehead atoms. The second-order valence-electron chi connectivity index (χ2n) is 9.52. The normalized spacial score (nSPS) is 22.1. The molecule has 6 nitrogen and oxygen atoms in total. The van der Waals surface area contributed by atoms with Gasteiger partial charge in [0.15, 0.2) is 11.0 Å². The minimum Gasteiger partial charge on any atom is -0.342 e. The van der Waals surface area contributed by atoms with E-state index < -0.39 is 0 Å². The van der Waals surface area contributed by atoms with Gasteiger partial charge >= 0.3 is 0 Å². The molecule has 1 saturated carbocycles. The van der Waals surface area contributed by atoms with Crippen molar-refractivity contribution in [2.45, 2.75) is 63.2 Å². The third-order valence-corrected chi connectivity index (χ3v) is 8.16. The van der Waals surface area contributed by atoms with Crippen molar-refractivity contribution in [3.63, 3.8) is 0 Å². The highest BCUT2D eigenvalue weighted by molar-refractivity contribution is 7.99. The van der Waals surface area contributed by atoms with E-state index in [9.17, 15) is 4.79 Å². The topological polar surface area (TPSA) is 54.3 Å². The predicted molar refractivity (Wildman–Crippen MR) is 130 cm³/mol. The maximum Gasteiger partial charge on any atom is 0.233 e. The van der Waals surface area contributed by atoms with Crippen molar-refractivity contribution in [3.8, 4) is 0 Å². The number of fused-ring (bicyclic) bond motifs is 1. The molecule has 1 aliphatic heterocycles. The van der Waals surface area contributed by atoms with Gasteiger partial charge in [0, 0.05) is 13.1 Å². The molecule has 4 rings (SSSR count). The summed E-state index contributed by atoms with van der Waals surface area (Å²) in [4.78, 5) is 17.4. The molecule has 1 aromatic carbocycles. The lowest BCUT2D eigenvalue weighted by atomic mass is 9.75. The number of thioether (sulfide) groups is 1. The number of benzene rings is 1. The van der Waals surface area contributed by atoms with Crippen LogP contribution in [-0.2, 0) is 11.3 Å². The van der Waals surface area contributed by atoms with Gasteiger partial charge in [-0.3, -0.25) is 9.69 Å². The Morgan fingerprint density at radius 3 is 2.59 bits per heavy atom. The lowest BCUT2D eigenvalue weighted by Gasteiger charge is -2.41. The van der Waals surface area contributed by atoms with Crippen LogP contribution in [0.2, 0.25) is 0 Å². The van der Waals surface area contributed by atoms with E-state index in [0.29, 0.717) is 11.7 Å². The van der Waals surface area contributed by atoms with Crippen molar-refractivity contribution in [1.29, 1.82) is 0 Å². The zero-order valence-electron chi connectivity index (χ0n) is 19.7. The number of carbonyl (C=O) groups excluding carboxylic acids is 1. The molecular formula is C25H37N5OS. The fourth-order valence-corrected chi connectivity index (χ4v) is 6.24. The molecular weight excluding hydrogens is 418 g/mol. The van der Waals surface area contributed by atoms with Crippen molar-refractivity contribution >= 4 is 17.7 Å². The maximum atomic E-state index is 13.1. The Morgan fingerprint density at radius 1 is 1.12 bits per heavy atom. The predicted octanol–water partition coefficient (Wildman–Crippen LogP) is 4.47. The van der Waals surface area contributed by atoms with Gasteiger partial charge in [0.25, 0.3) is 0 Å². The van der Waals surface area contributed by atoms with E-state index in [0.717, 1.165) is 43.0 Å². The summed E-state index contributed by atoms with van der Waals surface area (Å²) in [5, 5.41) is 9.94. The number of carbonyl (C=O) groups is 1. The highest BCUT2D eigenvalue weighted by atomic mass is 32.2. The van der Waals surface area contributed by atoms with Crippen molar-refractivity contribution in [2.75, 3.05) is 32.9 Å². The number of rotatable bonds is 8. The van der Waals surface area contributed by atoms with Crippen LogP contribution in [0.4, 0.5) is 0 Å². The molecule has 1 amide bonds. The first-order valence-corrected chi connectivity index (χ1v) is 13.1. The molecule has 32 heavy (non-hydrogen) atoms. The SMILES string of the molecule is CCC(c1nnc(SCC(=O)N2CCC3CCCCC3C2)n1Cc1ccccc1)N(C)C. The molecule has 2 aromatic rings. The molecule has 3 unspecified atom stereocenters. The Balaban J connectivity index is 1.46. The smallest absolute Gasteiger partial charge is 0.233 e. The summed E-state index contributed by atoms with van der Waals surface area (Å²) in [6.45, 7) is 4.76. The summed E-state index contributed by atoms with van der Waals surface area (Å²) in [5.41, 5.74) is 1.22. The number of hydrogen-bond donors (Lipinski definition) is 0. The summed E-state index contributed by atoms with van der Waals surface area (Å²) in [7, 11) is 4.17. The Labute approximate surface area is 196 Å². The highest BCUT2D eigenvalue weighted by Crippen LogP contribution is 2.36. The van der Waals surface area contributed by atoms with Gasteiger partial charge in [0.1, 0.15) is 0 Å². The molecule has 7 heteroatoms. The van der Waals surface area contributed by atoms with Gasteiger partial charge in [-0.15, -0.1) is 10.2 Å². The van der Waals surface area contributed by atoms with Crippen LogP contribution in [0.1, 0.15) is 62.9 Å². The molecule has 1 aliphatic carbocycles. The second-order valence-corrected chi connectivity index (χ2v) is 10.5. The van der Waals surface area contributed by atoms with Crippen LogP contribution in [0.25, 0.3) is 0 Å². The van der Waals surface area contributed by atoms with Crippen LogP contribution in [0, 0.1) is 11.8 Å². The Morgan fingerprint density at radius 2 is 1.88 bits per heavy atom. The van der Waals surface area contributed by atoms with E-state index in [1.807, 2.05) is 6.07 Å². The molecule has 174 valence electrons. The quantitative estimate of drug-likeness (QED) is 0.550. The minimum atomic E-state index is 0.196. The lowest BCUT2D eigenvalue weighted by Crippen LogP contribution is -2.45. The summed E-state index contributed by atoms with van der Waals surface area (Å²) < 4.78 is 2.20. The number of aromatic nitrogens is 3. The van der Waals surface area contributed by atoms with Crippen LogP contribution in [0.5, 0.6) is 0 Å². The summed E-state index contributed by atoms with van der Waals surface area (Å²) >= 11 is 1.54. The van der Waals surface area contributed by atoms with Crippen molar-refractivity contribution in [3.05, 3.63) is 41.7 Å². The number of amides is 1. The molecule has 2 aliphatic rings. The molecule has 1 aromatic heterocycles. The first kappa shape index (κ1) is 23.3. The Hall–Kier alpha value is -1.86. The number of hydrogen-bond acceptors (Lipinski definition) is 5. The minimum absolute atomic E-state index is 0.196. The van der Waals surface area contributed by atoms with Crippen molar-refractivity contribution < 1.29 is 4.79 Å². The maximum absolute atomic E-state index is 13.1. The van der Waals surface area contributed by atoms with E-state index in [4.69, 9.17) is 0 Å². The monoisotopic (exact) mass is 455 g/mol. The lowest BCUT2D eigenvalue weighted by molar-refractivity contribution is -0.131. The fraction of sp³-hybridized carbons (Fsp3) is 0.640. The number of nitrogens with zero attached hydrogens (tertiary/aromatic N) is 5. The molecule has 0 spiro atoms. The van der Waals surface area contributed by atoms with Gasteiger partial charge in [0.05, 0.1) is 18.3 Å². The zero-order chi connectivity index (χ0) is 22.5. The van der Waals surface area contributed by atoms with Crippen LogP contribution in [-0.4, -0.2) is 63.4 Å². The molecule has 3 atom stereocenters. The largest absolute Gasteiger partial charge is 0.342 e. The molecule has 1 saturated heterocycles. The average molecular weight is 456 g/mol. The number of likely N-dealkylation sites (tertiary alicyclic amines) is 1. The van der Waals surface area contributed by atoms with Gasteiger partial charge in [-0.05, 0) is 50.8 Å². The van der Waals surface area contributed by atoms with Gasteiger partial charge in [-0.2, -0.15) is 0 Å². The summed E-state index contributed by atoms with van der Waals surface area (Å²) in [6.07, 6.45) is 7.48. The van der Waals surface area contributed by atoms with Crippen LogP contribution >= 0.6 is 11.8 Å². The highest BCUT2D eigenvalue weighted by Gasteiger charge is 2.33. The van der Waals surface area contributed by atoms with E-state index in [1.165, 1.54) is 49.4 Å². The van der Waals surface area contributed by atoms with E-state index in [2.05, 4.69) is 69.8 Å². The first-order valence-electron chi connectivity index (χ1n) is 12.1. The van der Waals surface area contributed by atoms with Gasteiger partial charge in [-0.1, -0.05) is 68.3 Å². The molecule has 0 N–H and O–H groups in total. The van der Waals surface area contributed by atoms with Crippen LogP contribution in [0.3, 0.4) is 0 Å². The van der Waals surface area contributed by atoms with E-state index in [1.54, 1.807) is 0 Å². The Bertz CT molecular complexity index is 884.